The number of nitrogens with zero attached hydrogens (tertiary/aromatic N) is 3. The summed E-state index contributed by atoms with van der Waals surface area (Å²) < 4.78 is 10.6. The van der Waals surface area contributed by atoms with Crippen LogP contribution in [0.5, 0.6) is 11.5 Å². The smallest absolute Gasteiger partial charge is 0.239 e. The number of hydrogen-bond acceptors (Lipinski definition) is 6. The van der Waals surface area contributed by atoms with Crippen LogP contribution in [0.4, 0.5) is 0 Å². The van der Waals surface area contributed by atoms with Crippen LogP contribution in [0, 0.1) is 0 Å². The maximum absolute atomic E-state index is 12.5. The lowest BCUT2D eigenvalue weighted by Crippen LogP contribution is -2.28. The molecule has 0 aliphatic carbocycles. The van der Waals surface area contributed by atoms with Gasteiger partial charge in [0.15, 0.2) is 16.7 Å². The predicted molar refractivity (Wildman–Crippen MR) is 122 cm³/mol. The number of thioether (sulfide) groups is 1. The van der Waals surface area contributed by atoms with Gasteiger partial charge in [0.05, 0.1) is 32.7 Å². The van der Waals surface area contributed by atoms with Crippen LogP contribution in [0.2, 0.25) is 0 Å². The van der Waals surface area contributed by atoms with E-state index in [4.69, 9.17) is 9.47 Å². The van der Waals surface area contributed by atoms with E-state index in [1.807, 2.05) is 42.5 Å². The average Bonchev–Trinajstić information content (AvgIpc) is 3.13. The number of benzene rings is 3. The summed E-state index contributed by atoms with van der Waals surface area (Å²) >= 11 is 1.40. The maximum atomic E-state index is 12.5. The topological polar surface area (TPSA) is 63.5 Å². The normalized spacial score (nSPS) is 15.5. The monoisotopic (exact) mass is 419 g/mol. The van der Waals surface area contributed by atoms with Gasteiger partial charge in [0.2, 0.25) is 5.91 Å². The molecule has 0 N–H and O–H groups in total. The summed E-state index contributed by atoms with van der Waals surface area (Å²) in [6.45, 7) is 0.470. The lowest BCUT2D eigenvalue weighted by atomic mass is 10.0. The minimum absolute atomic E-state index is 0.0352. The lowest BCUT2D eigenvalue weighted by Gasteiger charge is -2.16. The number of amides is 1. The van der Waals surface area contributed by atoms with E-state index in [-0.39, 0.29) is 5.91 Å². The third-order valence-corrected chi connectivity index (χ3v) is 5.77. The summed E-state index contributed by atoms with van der Waals surface area (Å²) in [7, 11) is 3.18. The molecule has 0 atom stereocenters. The SMILES string of the molecule is COc1ccc(C=NN=C2SCC(=O)N2Cc2cccc3ccccc23)cc1OC. The van der Waals surface area contributed by atoms with E-state index in [0.29, 0.717) is 29.0 Å². The molecular formula is C23H21N3O3S. The maximum Gasteiger partial charge on any atom is 0.239 e. The van der Waals surface area contributed by atoms with E-state index in [9.17, 15) is 4.79 Å². The second kappa shape index (κ2) is 9.00. The Morgan fingerprint density at radius 2 is 1.83 bits per heavy atom. The zero-order valence-electron chi connectivity index (χ0n) is 16.7. The summed E-state index contributed by atoms with van der Waals surface area (Å²) in [4.78, 5) is 14.1. The largest absolute Gasteiger partial charge is 0.493 e. The second-order valence-electron chi connectivity index (χ2n) is 6.65. The number of hydrogen-bond donors (Lipinski definition) is 0. The van der Waals surface area contributed by atoms with Crippen molar-refractivity contribution in [3.63, 3.8) is 0 Å². The molecule has 0 saturated carbocycles. The molecule has 0 radical (unpaired) electrons. The first-order chi connectivity index (χ1) is 14.7. The first-order valence-electron chi connectivity index (χ1n) is 9.42. The number of methoxy groups -OCH3 is 2. The van der Waals surface area contributed by atoms with Crippen LogP contribution in [0.15, 0.2) is 70.9 Å². The molecule has 1 fully saturated rings. The van der Waals surface area contributed by atoms with Crippen molar-refractivity contribution < 1.29 is 14.3 Å². The predicted octanol–water partition coefficient (Wildman–Crippen LogP) is 4.32. The molecule has 1 aliphatic heterocycles. The van der Waals surface area contributed by atoms with E-state index in [1.165, 1.54) is 11.8 Å². The summed E-state index contributed by atoms with van der Waals surface area (Å²) in [5.74, 6) is 1.68. The zero-order chi connectivity index (χ0) is 20.9. The third-order valence-electron chi connectivity index (χ3n) is 4.82. The highest BCUT2D eigenvalue weighted by molar-refractivity contribution is 8.15. The van der Waals surface area contributed by atoms with Crippen LogP contribution in [0.3, 0.4) is 0 Å². The van der Waals surface area contributed by atoms with Crippen LogP contribution in [-0.4, -0.2) is 42.2 Å². The molecule has 0 aromatic heterocycles. The molecule has 0 unspecified atom stereocenters. The van der Waals surface area contributed by atoms with Gasteiger partial charge in [-0.1, -0.05) is 54.2 Å². The molecular weight excluding hydrogens is 398 g/mol. The van der Waals surface area contributed by atoms with Gasteiger partial charge >= 0.3 is 0 Å². The van der Waals surface area contributed by atoms with Crippen LogP contribution < -0.4 is 9.47 Å². The van der Waals surface area contributed by atoms with Crippen molar-refractivity contribution in [2.75, 3.05) is 20.0 Å². The molecule has 1 aliphatic rings. The molecule has 3 aromatic carbocycles. The first kappa shape index (κ1) is 20.0. The molecule has 0 spiro atoms. The number of ether oxygens (including phenoxy) is 2. The van der Waals surface area contributed by atoms with E-state index in [2.05, 4.69) is 28.4 Å². The highest BCUT2D eigenvalue weighted by Crippen LogP contribution is 2.28. The lowest BCUT2D eigenvalue weighted by molar-refractivity contribution is -0.124. The number of carbonyl (C=O) groups is 1. The molecule has 30 heavy (non-hydrogen) atoms. The van der Waals surface area contributed by atoms with Gasteiger partial charge in [-0.15, -0.1) is 5.10 Å². The van der Waals surface area contributed by atoms with Gasteiger partial charge < -0.3 is 9.47 Å². The Bertz CT molecular complexity index is 1140. The van der Waals surface area contributed by atoms with E-state index < -0.39 is 0 Å². The Labute approximate surface area is 179 Å². The number of amidine groups is 1. The molecule has 7 heteroatoms. The summed E-state index contributed by atoms with van der Waals surface area (Å²) in [6.07, 6.45) is 1.63. The minimum Gasteiger partial charge on any atom is -0.493 e. The standard InChI is InChI=1S/C23H21N3O3S/c1-28-20-11-10-16(12-21(20)29-2)13-24-25-23-26(22(27)15-30-23)14-18-8-5-7-17-6-3-4-9-19(17)18/h3-13H,14-15H2,1-2H3. The van der Waals surface area contributed by atoms with Crippen molar-refractivity contribution >= 4 is 39.8 Å². The third kappa shape index (κ3) is 4.16. The van der Waals surface area contributed by atoms with Crippen molar-refractivity contribution in [1.82, 2.24) is 4.90 Å². The first-order valence-corrected chi connectivity index (χ1v) is 10.4. The fraction of sp³-hybridized carbons (Fsp3) is 0.174. The zero-order valence-corrected chi connectivity index (χ0v) is 17.6. The van der Waals surface area contributed by atoms with Crippen molar-refractivity contribution in [2.24, 2.45) is 10.2 Å². The Kier molecular flexibility index (Phi) is 5.99. The number of carbonyl (C=O) groups excluding carboxylic acids is 1. The minimum atomic E-state index is 0.0352. The van der Waals surface area contributed by atoms with Gasteiger partial charge in [0.25, 0.3) is 0 Å². The molecule has 152 valence electrons. The Hall–Kier alpha value is -3.32. The van der Waals surface area contributed by atoms with Crippen molar-refractivity contribution in [1.29, 1.82) is 0 Å². The molecule has 0 bridgehead atoms. The van der Waals surface area contributed by atoms with Crippen LogP contribution in [0.1, 0.15) is 11.1 Å². The number of rotatable bonds is 6. The fourth-order valence-corrected chi connectivity index (χ4v) is 4.14. The Balaban J connectivity index is 1.55. The van der Waals surface area contributed by atoms with Gasteiger partial charge in [-0.25, -0.2) is 0 Å². The molecule has 1 saturated heterocycles. The fourth-order valence-electron chi connectivity index (χ4n) is 3.31. The quantitative estimate of drug-likeness (QED) is 0.441. The van der Waals surface area contributed by atoms with Gasteiger partial charge in [-0.2, -0.15) is 5.10 Å². The number of fused-ring (bicyclic) bond motifs is 1. The summed E-state index contributed by atoms with van der Waals surface area (Å²) in [5.41, 5.74) is 1.91. The Morgan fingerprint density at radius 1 is 1.03 bits per heavy atom. The second-order valence-corrected chi connectivity index (χ2v) is 7.59. The van der Waals surface area contributed by atoms with Crippen LogP contribution in [0.25, 0.3) is 10.8 Å². The highest BCUT2D eigenvalue weighted by atomic mass is 32.2. The highest BCUT2D eigenvalue weighted by Gasteiger charge is 2.28. The van der Waals surface area contributed by atoms with Crippen molar-refractivity contribution in [2.45, 2.75) is 6.54 Å². The molecule has 4 rings (SSSR count). The summed E-state index contributed by atoms with van der Waals surface area (Å²) in [5, 5.41) is 11.4. The van der Waals surface area contributed by atoms with Gasteiger partial charge in [0.1, 0.15) is 0 Å². The van der Waals surface area contributed by atoms with E-state index >= 15 is 0 Å². The molecule has 3 aromatic rings. The van der Waals surface area contributed by atoms with E-state index in [0.717, 1.165) is 21.9 Å². The summed E-state index contributed by atoms with van der Waals surface area (Å²) in [6, 6.07) is 19.8. The van der Waals surface area contributed by atoms with Crippen LogP contribution in [-0.2, 0) is 11.3 Å². The average molecular weight is 420 g/mol. The van der Waals surface area contributed by atoms with Crippen molar-refractivity contribution in [3.8, 4) is 11.5 Å². The van der Waals surface area contributed by atoms with Gasteiger partial charge in [-0.3, -0.25) is 9.69 Å². The molecule has 1 heterocycles. The Morgan fingerprint density at radius 3 is 2.67 bits per heavy atom. The van der Waals surface area contributed by atoms with Gasteiger partial charge in [-0.05, 0) is 40.1 Å². The molecule has 1 amide bonds. The van der Waals surface area contributed by atoms with Gasteiger partial charge in [0, 0.05) is 0 Å². The van der Waals surface area contributed by atoms with Crippen molar-refractivity contribution in [3.05, 3.63) is 71.8 Å². The van der Waals surface area contributed by atoms with Crippen LogP contribution >= 0.6 is 11.8 Å². The van der Waals surface area contributed by atoms with E-state index in [1.54, 1.807) is 25.3 Å². The molecule has 6 nitrogen and oxygen atoms in total.